The van der Waals surface area contributed by atoms with E-state index in [0.717, 1.165) is 41.1 Å². The number of hydrogen-bond donors (Lipinski definition) is 1. The highest BCUT2D eigenvalue weighted by Crippen LogP contribution is 2.17. The Kier molecular flexibility index (Phi) is 6.62. The van der Waals surface area contributed by atoms with Crippen molar-refractivity contribution in [1.29, 1.82) is 0 Å². The highest BCUT2D eigenvalue weighted by molar-refractivity contribution is 5.94. The Hall–Kier alpha value is -3.60. The van der Waals surface area contributed by atoms with Gasteiger partial charge in [-0.1, -0.05) is 49.4 Å². The van der Waals surface area contributed by atoms with E-state index >= 15 is 0 Å². The van der Waals surface area contributed by atoms with E-state index in [1.165, 1.54) is 0 Å². The predicted octanol–water partition coefficient (Wildman–Crippen LogP) is 5.00. The van der Waals surface area contributed by atoms with Gasteiger partial charge in [-0.15, -0.1) is 0 Å². The van der Waals surface area contributed by atoms with Crippen LogP contribution in [0, 0.1) is 0 Å². The van der Waals surface area contributed by atoms with Crippen molar-refractivity contribution in [2.75, 3.05) is 6.54 Å². The molecule has 0 aliphatic rings. The van der Waals surface area contributed by atoms with E-state index in [-0.39, 0.29) is 5.91 Å². The largest absolute Gasteiger partial charge is 0.489 e. The van der Waals surface area contributed by atoms with Gasteiger partial charge in [-0.2, -0.15) is 0 Å². The lowest BCUT2D eigenvalue weighted by Gasteiger charge is -2.10. The molecule has 0 aliphatic heterocycles. The molecule has 0 radical (unpaired) electrons. The summed E-state index contributed by atoms with van der Waals surface area (Å²) in [4.78, 5) is 17.3. The number of nitrogens with zero attached hydrogens (tertiary/aromatic N) is 2. The number of rotatable bonds is 9. The van der Waals surface area contributed by atoms with E-state index in [4.69, 9.17) is 9.72 Å². The molecule has 158 valence electrons. The maximum atomic E-state index is 12.5. The van der Waals surface area contributed by atoms with Gasteiger partial charge < -0.3 is 14.6 Å². The van der Waals surface area contributed by atoms with Gasteiger partial charge in [0.2, 0.25) is 0 Å². The molecule has 0 atom stereocenters. The molecular formula is C26H27N3O2. The topological polar surface area (TPSA) is 56.2 Å². The number of imidazole rings is 1. The molecule has 0 saturated carbocycles. The third kappa shape index (κ3) is 5.12. The molecule has 0 unspecified atom stereocenters. The Bertz CT molecular complexity index is 1130. The number of carbonyl (C=O) groups excluding carboxylic acids is 1. The van der Waals surface area contributed by atoms with Crippen LogP contribution in [0.5, 0.6) is 5.75 Å². The molecule has 4 aromatic rings. The van der Waals surface area contributed by atoms with Crippen molar-refractivity contribution >= 4 is 16.9 Å². The van der Waals surface area contributed by atoms with Crippen molar-refractivity contribution in [2.24, 2.45) is 0 Å². The minimum absolute atomic E-state index is 0.0900. The second-order valence-corrected chi connectivity index (χ2v) is 7.47. The van der Waals surface area contributed by atoms with Gasteiger partial charge in [-0.05, 0) is 48.4 Å². The maximum Gasteiger partial charge on any atom is 0.251 e. The van der Waals surface area contributed by atoms with Gasteiger partial charge in [-0.25, -0.2) is 4.98 Å². The fourth-order valence-corrected chi connectivity index (χ4v) is 3.62. The molecule has 1 aromatic heterocycles. The number of para-hydroxylation sites is 2. The van der Waals surface area contributed by atoms with Crippen LogP contribution >= 0.6 is 0 Å². The van der Waals surface area contributed by atoms with E-state index < -0.39 is 0 Å². The van der Waals surface area contributed by atoms with Crippen LogP contribution < -0.4 is 10.1 Å². The first-order valence-corrected chi connectivity index (χ1v) is 10.7. The summed E-state index contributed by atoms with van der Waals surface area (Å²) in [6.45, 7) is 4.13. The van der Waals surface area contributed by atoms with Gasteiger partial charge in [0.15, 0.2) is 0 Å². The van der Waals surface area contributed by atoms with Crippen LogP contribution in [0.15, 0.2) is 78.9 Å². The number of fused-ring (bicyclic) bond motifs is 1. The summed E-state index contributed by atoms with van der Waals surface area (Å²) in [5.74, 6) is 1.66. The summed E-state index contributed by atoms with van der Waals surface area (Å²) in [6, 6.07) is 25.4. The summed E-state index contributed by atoms with van der Waals surface area (Å²) in [5.41, 5.74) is 3.88. The summed E-state index contributed by atoms with van der Waals surface area (Å²) in [6.07, 6.45) is 1.73. The Morgan fingerprint density at radius 2 is 1.71 bits per heavy atom. The third-order valence-electron chi connectivity index (χ3n) is 5.18. The summed E-state index contributed by atoms with van der Waals surface area (Å²) >= 11 is 0. The smallest absolute Gasteiger partial charge is 0.251 e. The van der Waals surface area contributed by atoms with Crippen molar-refractivity contribution < 1.29 is 9.53 Å². The monoisotopic (exact) mass is 413 g/mol. The van der Waals surface area contributed by atoms with Crippen molar-refractivity contribution in [1.82, 2.24) is 14.9 Å². The lowest BCUT2D eigenvalue weighted by Crippen LogP contribution is -2.26. The Morgan fingerprint density at radius 1 is 0.968 bits per heavy atom. The number of benzene rings is 3. The lowest BCUT2D eigenvalue weighted by molar-refractivity contribution is 0.0954. The maximum absolute atomic E-state index is 12.5. The second kappa shape index (κ2) is 9.94. The number of hydrogen-bond acceptors (Lipinski definition) is 3. The van der Waals surface area contributed by atoms with Crippen molar-refractivity contribution in [3.8, 4) is 5.75 Å². The van der Waals surface area contributed by atoms with E-state index in [2.05, 4.69) is 22.9 Å². The molecule has 3 aromatic carbocycles. The number of amides is 1. The van der Waals surface area contributed by atoms with Gasteiger partial charge in [0.1, 0.15) is 18.2 Å². The van der Waals surface area contributed by atoms with E-state index in [9.17, 15) is 4.79 Å². The molecule has 1 amide bonds. The molecule has 5 nitrogen and oxygen atoms in total. The molecule has 31 heavy (non-hydrogen) atoms. The van der Waals surface area contributed by atoms with Crippen LogP contribution in [0.4, 0.5) is 0 Å². The summed E-state index contributed by atoms with van der Waals surface area (Å²) in [5, 5.41) is 3.01. The van der Waals surface area contributed by atoms with Gasteiger partial charge in [0.05, 0.1) is 11.0 Å². The zero-order valence-electron chi connectivity index (χ0n) is 17.8. The average molecular weight is 414 g/mol. The first-order chi connectivity index (χ1) is 15.2. The number of carbonyl (C=O) groups is 1. The van der Waals surface area contributed by atoms with Crippen LogP contribution in [-0.4, -0.2) is 22.0 Å². The first kappa shape index (κ1) is 20.7. The zero-order chi connectivity index (χ0) is 21.5. The van der Waals surface area contributed by atoms with Gasteiger partial charge in [0, 0.05) is 25.1 Å². The van der Waals surface area contributed by atoms with E-state index in [1.807, 2.05) is 60.7 Å². The fraction of sp³-hybridized carbons (Fsp3) is 0.231. The molecule has 0 bridgehead atoms. The van der Waals surface area contributed by atoms with Crippen LogP contribution in [0.25, 0.3) is 11.0 Å². The van der Waals surface area contributed by atoms with Crippen molar-refractivity contribution in [3.63, 3.8) is 0 Å². The Labute approximate surface area is 182 Å². The molecule has 4 rings (SSSR count). The molecule has 0 fully saturated rings. The standard InChI is InChI=1S/C26H27N3O2/c1-2-18-29-24-11-7-6-10-23(24)28-25(29)16-17-27-26(30)21-12-14-22(15-13-21)31-19-20-8-4-3-5-9-20/h3-15H,2,16-19H2,1H3,(H,27,30). The average Bonchev–Trinajstić information content (AvgIpc) is 3.16. The molecule has 0 saturated heterocycles. The van der Waals surface area contributed by atoms with Gasteiger partial charge in [-0.3, -0.25) is 4.79 Å². The first-order valence-electron chi connectivity index (χ1n) is 10.7. The van der Waals surface area contributed by atoms with Crippen LogP contribution in [-0.2, 0) is 19.6 Å². The number of aromatic nitrogens is 2. The van der Waals surface area contributed by atoms with Crippen molar-refractivity contribution in [2.45, 2.75) is 32.9 Å². The van der Waals surface area contributed by atoms with Crippen LogP contribution in [0.1, 0.15) is 35.1 Å². The highest BCUT2D eigenvalue weighted by atomic mass is 16.5. The molecule has 5 heteroatoms. The second-order valence-electron chi connectivity index (χ2n) is 7.47. The van der Waals surface area contributed by atoms with Crippen molar-refractivity contribution in [3.05, 3.63) is 95.8 Å². The van der Waals surface area contributed by atoms with Gasteiger partial charge in [0.25, 0.3) is 5.91 Å². The normalized spacial score (nSPS) is 10.9. The Balaban J connectivity index is 1.32. The predicted molar refractivity (Wildman–Crippen MR) is 123 cm³/mol. The third-order valence-corrected chi connectivity index (χ3v) is 5.18. The van der Waals surface area contributed by atoms with Crippen LogP contribution in [0.2, 0.25) is 0 Å². The van der Waals surface area contributed by atoms with Gasteiger partial charge >= 0.3 is 0 Å². The fourth-order valence-electron chi connectivity index (χ4n) is 3.62. The van der Waals surface area contributed by atoms with E-state index in [0.29, 0.717) is 25.1 Å². The SMILES string of the molecule is CCCn1c(CCNC(=O)c2ccc(OCc3ccccc3)cc2)nc2ccccc21. The number of aryl methyl sites for hydroxylation is 1. The number of nitrogens with one attached hydrogen (secondary N) is 1. The molecular weight excluding hydrogens is 386 g/mol. The molecule has 1 heterocycles. The highest BCUT2D eigenvalue weighted by Gasteiger charge is 2.11. The Morgan fingerprint density at radius 3 is 2.48 bits per heavy atom. The minimum atomic E-state index is -0.0900. The molecule has 0 spiro atoms. The zero-order valence-corrected chi connectivity index (χ0v) is 17.8. The summed E-state index contributed by atoms with van der Waals surface area (Å²) in [7, 11) is 0. The molecule has 1 N–H and O–H groups in total. The van der Waals surface area contributed by atoms with E-state index in [1.54, 1.807) is 12.1 Å². The van der Waals surface area contributed by atoms with Crippen LogP contribution in [0.3, 0.4) is 0 Å². The molecule has 0 aliphatic carbocycles. The summed E-state index contributed by atoms with van der Waals surface area (Å²) < 4.78 is 8.04. The number of ether oxygens (including phenoxy) is 1. The lowest BCUT2D eigenvalue weighted by atomic mass is 10.2. The minimum Gasteiger partial charge on any atom is -0.489 e. The quantitative estimate of drug-likeness (QED) is 0.420.